The average Bonchev–Trinajstić information content (AvgIpc) is 1.62. The highest BCUT2D eigenvalue weighted by Gasteiger charge is 1.90. The van der Waals surface area contributed by atoms with E-state index < -0.39 is 12.6 Å². The van der Waals surface area contributed by atoms with Crippen LogP contribution in [0.3, 0.4) is 0 Å². The lowest BCUT2D eigenvalue weighted by atomic mass is 10.3. The normalized spacial score (nSPS) is 21.8. The molecule has 0 aliphatic rings. The van der Waals surface area contributed by atoms with Gasteiger partial charge in [-0.1, -0.05) is 6.92 Å². The molecule has 0 heterocycles. The second-order valence-corrected chi connectivity index (χ2v) is 1.14. The molecule has 6 heavy (non-hydrogen) atoms. The van der Waals surface area contributed by atoms with Crippen molar-refractivity contribution < 1.29 is 7.85 Å². The van der Waals surface area contributed by atoms with Crippen LogP contribution in [0.2, 0.25) is 0 Å². The molecule has 0 aromatic carbocycles. The molecule has 0 aliphatic carbocycles. The molecule has 0 saturated carbocycles. The Bertz CT molecular complexity index is 70.9. The van der Waals surface area contributed by atoms with Gasteiger partial charge in [-0.05, 0) is 6.42 Å². The Kier molecular flexibility index (Phi) is 1.56. The van der Waals surface area contributed by atoms with Gasteiger partial charge < -0.3 is 10.8 Å². The number of hydrogen-bond acceptors (Lipinski definition) is 2. The fourth-order valence-electron chi connectivity index (χ4n) is 0.0913. The van der Waals surface area contributed by atoms with Gasteiger partial charge in [-0.25, -0.2) is 0 Å². The SMILES string of the molecule is [2H]C([2H])(O)C(N)CC. The summed E-state index contributed by atoms with van der Waals surface area (Å²) in [7, 11) is 0. The molecule has 2 nitrogen and oxygen atoms in total. The Morgan fingerprint density at radius 2 is 2.67 bits per heavy atom. The van der Waals surface area contributed by atoms with Crippen molar-refractivity contribution in [1.82, 2.24) is 0 Å². The van der Waals surface area contributed by atoms with E-state index in [-0.39, 0.29) is 0 Å². The van der Waals surface area contributed by atoms with Gasteiger partial charge in [0.05, 0.1) is 9.30 Å². The minimum atomic E-state index is -2.21. The molecule has 0 spiro atoms. The van der Waals surface area contributed by atoms with E-state index in [2.05, 4.69) is 0 Å². The van der Waals surface area contributed by atoms with Crippen LogP contribution < -0.4 is 5.73 Å². The lowest BCUT2D eigenvalue weighted by Gasteiger charge is -1.98. The molecule has 0 fully saturated rings. The van der Waals surface area contributed by atoms with Crippen molar-refractivity contribution in [3.05, 3.63) is 0 Å². The Morgan fingerprint density at radius 1 is 2.17 bits per heavy atom. The first kappa shape index (κ1) is 2.99. The van der Waals surface area contributed by atoms with E-state index in [9.17, 15) is 0 Å². The maximum Gasteiger partial charge on any atom is 0.0582 e. The first-order chi connectivity index (χ1) is 3.48. The zero-order valence-corrected chi connectivity index (χ0v) is 3.81. The van der Waals surface area contributed by atoms with Crippen LogP contribution in [-0.4, -0.2) is 17.7 Å². The highest BCUT2D eigenvalue weighted by molar-refractivity contribution is 4.51. The summed E-state index contributed by atoms with van der Waals surface area (Å²) in [6.45, 7) is -0.493. The number of nitrogens with two attached hydrogens (primary N) is 1. The predicted octanol–water partition coefficient (Wildman–Crippen LogP) is -0.284. The van der Waals surface area contributed by atoms with Crippen molar-refractivity contribution in [3.8, 4) is 0 Å². The lowest BCUT2D eigenvalue weighted by molar-refractivity contribution is 0.263. The number of aliphatic hydroxyl groups is 1. The Hall–Kier alpha value is -0.0800. The van der Waals surface area contributed by atoms with E-state index in [1.165, 1.54) is 0 Å². The third-order valence-electron chi connectivity index (χ3n) is 0.606. The summed E-state index contributed by atoms with van der Waals surface area (Å²) in [4.78, 5) is 0. The minimum absolute atomic E-state index is 0.448. The summed E-state index contributed by atoms with van der Waals surface area (Å²) in [6, 6.07) is -0.762. The zero-order chi connectivity index (χ0) is 6.78. The van der Waals surface area contributed by atoms with Crippen molar-refractivity contribution in [1.29, 1.82) is 0 Å². The Labute approximate surface area is 40.8 Å². The second kappa shape index (κ2) is 3.12. The highest BCUT2D eigenvalue weighted by Crippen LogP contribution is 1.79. The molecule has 0 bridgehead atoms. The van der Waals surface area contributed by atoms with Gasteiger partial charge in [-0.2, -0.15) is 0 Å². The van der Waals surface area contributed by atoms with E-state index in [0.717, 1.165) is 0 Å². The van der Waals surface area contributed by atoms with Crippen LogP contribution in [0.5, 0.6) is 0 Å². The molecule has 38 valence electrons. The molecule has 3 N–H and O–H groups in total. The van der Waals surface area contributed by atoms with Gasteiger partial charge in [-0.15, -0.1) is 0 Å². The molecule has 0 saturated heterocycles. The topological polar surface area (TPSA) is 46.2 Å². The fraction of sp³-hybridized carbons (Fsp3) is 1.00. The zero-order valence-electron chi connectivity index (χ0n) is 5.81. The molecule has 0 aromatic heterocycles. The molecule has 1 unspecified atom stereocenters. The van der Waals surface area contributed by atoms with Gasteiger partial charge in [0, 0.05) is 6.04 Å². The smallest absolute Gasteiger partial charge is 0.0582 e. The van der Waals surface area contributed by atoms with E-state index >= 15 is 0 Å². The van der Waals surface area contributed by atoms with Crippen LogP contribution in [0.15, 0.2) is 0 Å². The number of hydrogen-bond donors (Lipinski definition) is 2. The first-order valence-electron chi connectivity index (χ1n) is 2.96. The van der Waals surface area contributed by atoms with E-state index in [1.54, 1.807) is 6.92 Å². The molecule has 2 heteroatoms. The molecular formula is C4H11NO. The minimum Gasteiger partial charge on any atom is -0.395 e. The van der Waals surface area contributed by atoms with Crippen LogP contribution in [0.1, 0.15) is 16.1 Å². The highest BCUT2D eigenvalue weighted by atomic mass is 16.3. The molecule has 0 amide bonds. The van der Waals surface area contributed by atoms with Crippen LogP contribution >= 0.6 is 0 Å². The van der Waals surface area contributed by atoms with E-state index in [4.69, 9.17) is 13.6 Å². The summed E-state index contributed by atoms with van der Waals surface area (Å²) in [5.74, 6) is 0. The van der Waals surface area contributed by atoms with Crippen LogP contribution in [-0.2, 0) is 0 Å². The summed E-state index contributed by atoms with van der Waals surface area (Å²) in [5.41, 5.74) is 5.12. The first-order valence-corrected chi connectivity index (χ1v) is 1.96. The predicted molar refractivity (Wildman–Crippen MR) is 25.4 cm³/mol. The molecule has 1 atom stereocenters. The number of rotatable bonds is 2. The van der Waals surface area contributed by atoms with E-state index in [0.29, 0.717) is 6.42 Å². The Morgan fingerprint density at radius 3 is 2.67 bits per heavy atom. The maximum atomic E-state index is 8.49. The molecule has 0 rings (SSSR count). The largest absolute Gasteiger partial charge is 0.395 e. The van der Waals surface area contributed by atoms with Gasteiger partial charge in [0.25, 0.3) is 0 Å². The molecule has 0 radical (unpaired) electrons. The Balaban J connectivity index is 3.62. The van der Waals surface area contributed by atoms with Crippen molar-refractivity contribution in [2.24, 2.45) is 5.73 Å². The van der Waals surface area contributed by atoms with Crippen molar-refractivity contribution in [3.63, 3.8) is 0 Å². The van der Waals surface area contributed by atoms with Gasteiger partial charge in [0.1, 0.15) is 0 Å². The summed E-state index contributed by atoms with van der Waals surface area (Å²) in [5, 5.41) is 8.49. The van der Waals surface area contributed by atoms with Crippen LogP contribution in [0.4, 0.5) is 0 Å². The van der Waals surface area contributed by atoms with Crippen LogP contribution in [0.25, 0.3) is 0 Å². The van der Waals surface area contributed by atoms with Crippen molar-refractivity contribution in [2.45, 2.75) is 19.4 Å². The maximum absolute atomic E-state index is 8.49. The van der Waals surface area contributed by atoms with E-state index in [1.807, 2.05) is 0 Å². The van der Waals surface area contributed by atoms with Crippen molar-refractivity contribution >= 4 is 0 Å². The van der Waals surface area contributed by atoms with Crippen LogP contribution in [0, 0.1) is 0 Å². The quantitative estimate of drug-likeness (QED) is 0.491. The lowest BCUT2D eigenvalue weighted by Crippen LogP contribution is -2.22. The third-order valence-corrected chi connectivity index (χ3v) is 0.606. The second-order valence-electron chi connectivity index (χ2n) is 1.14. The molecule has 0 aromatic rings. The summed E-state index contributed by atoms with van der Waals surface area (Å²) < 4.78 is 13.3. The van der Waals surface area contributed by atoms with Gasteiger partial charge in [-0.3, -0.25) is 0 Å². The standard InChI is InChI=1S/C4H11NO/c1-2-4(5)3-6/h4,6H,2-3,5H2,1H3/i3D2. The molecule has 0 aliphatic heterocycles. The average molecular weight is 91.2 g/mol. The summed E-state index contributed by atoms with van der Waals surface area (Å²) in [6.07, 6.45) is 0.448. The van der Waals surface area contributed by atoms with Crippen molar-refractivity contribution in [2.75, 3.05) is 6.56 Å². The third kappa shape index (κ3) is 2.18. The van der Waals surface area contributed by atoms with Gasteiger partial charge in [0.15, 0.2) is 0 Å². The van der Waals surface area contributed by atoms with Gasteiger partial charge >= 0.3 is 0 Å². The van der Waals surface area contributed by atoms with Gasteiger partial charge in [0.2, 0.25) is 0 Å². The molecular weight excluding hydrogens is 78.0 g/mol. The summed E-state index contributed by atoms with van der Waals surface area (Å²) >= 11 is 0. The fourth-order valence-corrected chi connectivity index (χ4v) is 0.0913. The monoisotopic (exact) mass is 91.1 g/mol.